The van der Waals surface area contributed by atoms with E-state index < -0.39 is 10.0 Å². The van der Waals surface area contributed by atoms with E-state index in [4.69, 9.17) is 5.73 Å². The van der Waals surface area contributed by atoms with Crippen molar-refractivity contribution in [2.75, 3.05) is 4.72 Å². The van der Waals surface area contributed by atoms with Crippen LogP contribution in [0.2, 0.25) is 0 Å². The molecule has 0 spiro atoms. The van der Waals surface area contributed by atoms with Gasteiger partial charge in [0.05, 0.1) is 0 Å². The normalized spacial score (nSPS) is 11.4. The van der Waals surface area contributed by atoms with E-state index in [-0.39, 0.29) is 0 Å². The zero-order chi connectivity index (χ0) is 13.2. The molecule has 0 radical (unpaired) electrons. The highest BCUT2D eigenvalue weighted by Gasteiger charge is 2.18. The maximum absolute atomic E-state index is 12.1. The molecule has 3 N–H and O–H groups in total. The van der Waals surface area contributed by atoms with Crippen LogP contribution in [0.4, 0.5) is 5.69 Å². The van der Waals surface area contributed by atoms with E-state index in [1.807, 2.05) is 13.0 Å². The highest BCUT2D eigenvalue weighted by molar-refractivity contribution is 7.94. The Morgan fingerprint density at radius 3 is 2.50 bits per heavy atom. The molecule has 0 fully saturated rings. The van der Waals surface area contributed by atoms with Gasteiger partial charge in [-0.05, 0) is 30.7 Å². The minimum atomic E-state index is -3.51. The van der Waals surface area contributed by atoms with Gasteiger partial charge in [0.2, 0.25) is 0 Å². The second-order valence-corrected chi connectivity index (χ2v) is 6.89. The van der Waals surface area contributed by atoms with Crippen molar-refractivity contribution in [2.24, 2.45) is 5.73 Å². The molecule has 0 aliphatic heterocycles. The summed E-state index contributed by atoms with van der Waals surface area (Å²) in [4.78, 5) is 0.892. The number of nitrogens with two attached hydrogens (primary N) is 1. The smallest absolute Gasteiger partial charge is 0.271 e. The zero-order valence-corrected chi connectivity index (χ0v) is 11.5. The molecular formula is C12H14N2O2S2. The fourth-order valence-electron chi connectivity index (χ4n) is 1.54. The van der Waals surface area contributed by atoms with Gasteiger partial charge < -0.3 is 5.73 Å². The molecule has 96 valence electrons. The van der Waals surface area contributed by atoms with Gasteiger partial charge in [-0.25, -0.2) is 8.42 Å². The predicted octanol–water partition coefficient (Wildman–Crippen LogP) is 2.32. The molecule has 0 aliphatic rings. The number of thiophene rings is 1. The summed E-state index contributed by atoms with van der Waals surface area (Å²) < 4.78 is 27.1. The summed E-state index contributed by atoms with van der Waals surface area (Å²) in [5, 5.41) is 0. The minimum absolute atomic E-state index is 0.296. The van der Waals surface area contributed by atoms with E-state index >= 15 is 0 Å². The predicted molar refractivity (Wildman–Crippen MR) is 74.2 cm³/mol. The molecule has 1 heterocycles. The zero-order valence-electron chi connectivity index (χ0n) is 9.88. The summed E-state index contributed by atoms with van der Waals surface area (Å²) in [5.74, 6) is 0. The highest BCUT2D eigenvalue weighted by Crippen LogP contribution is 2.27. The van der Waals surface area contributed by atoms with Gasteiger partial charge in [-0.1, -0.05) is 18.2 Å². The standard InChI is InChI=1S/C12H14N2O2S2/c1-9-7-12(17-11(9)8-13)18(15,16)14-10-5-3-2-4-6-10/h2-7,14H,8,13H2,1H3. The summed E-state index contributed by atoms with van der Waals surface area (Å²) in [5.41, 5.74) is 7.02. The van der Waals surface area contributed by atoms with Crippen molar-refractivity contribution in [1.29, 1.82) is 0 Å². The van der Waals surface area contributed by atoms with Gasteiger partial charge in [0.15, 0.2) is 0 Å². The molecule has 0 aliphatic carbocycles. The number of hydrogen-bond donors (Lipinski definition) is 2. The van der Waals surface area contributed by atoms with Gasteiger partial charge in [0.25, 0.3) is 10.0 Å². The van der Waals surface area contributed by atoms with Gasteiger partial charge in [-0.3, -0.25) is 4.72 Å². The number of anilines is 1. The first-order chi connectivity index (χ1) is 8.53. The molecule has 0 saturated heterocycles. The number of benzene rings is 1. The molecule has 2 rings (SSSR count). The second kappa shape index (κ2) is 5.09. The summed E-state index contributed by atoms with van der Waals surface area (Å²) in [6.07, 6.45) is 0. The van der Waals surface area contributed by atoms with E-state index in [2.05, 4.69) is 4.72 Å². The van der Waals surface area contributed by atoms with Crippen LogP contribution in [0.15, 0.2) is 40.6 Å². The first kappa shape index (κ1) is 13.1. The van der Waals surface area contributed by atoms with E-state index in [1.54, 1.807) is 30.3 Å². The van der Waals surface area contributed by atoms with Gasteiger partial charge in [-0.15, -0.1) is 11.3 Å². The van der Waals surface area contributed by atoms with E-state index in [1.165, 1.54) is 11.3 Å². The number of rotatable bonds is 4. The summed E-state index contributed by atoms with van der Waals surface area (Å²) in [6, 6.07) is 10.5. The lowest BCUT2D eigenvalue weighted by atomic mass is 10.3. The van der Waals surface area contributed by atoms with Gasteiger partial charge in [0, 0.05) is 17.1 Å². The molecule has 0 atom stereocenters. The molecule has 18 heavy (non-hydrogen) atoms. The van der Waals surface area contributed by atoms with Crippen LogP contribution in [0, 0.1) is 6.92 Å². The molecule has 0 bridgehead atoms. The van der Waals surface area contributed by atoms with Crippen molar-refractivity contribution in [3.05, 3.63) is 46.8 Å². The minimum Gasteiger partial charge on any atom is -0.326 e. The molecule has 1 aromatic heterocycles. The van der Waals surface area contributed by atoms with Crippen molar-refractivity contribution in [3.8, 4) is 0 Å². The van der Waals surface area contributed by atoms with Crippen molar-refractivity contribution >= 4 is 27.0 Å². The van der Waals surface area contributed by atoms with Crippen LogP contribution < -0.4 is 10.5 Å². The van der Waals surface area contributed by atoms with E-state index in [9.17, 15) is 8.42 Å². The average Bonchev–Trinajstić information content (AvgIpc) is 2.72. The summed E-state index contributed by atoms with van der Waals surface area (Å²) >= 11 is 1.21. The first-order valence-electron chi connectivity index (χ1n) is 5.40. The Morgan fingerprint density at radius 2 is 1.94 bits per heavy atom. The Morgan fingerprint density at radius 1 is 1.28 bits per heavy atom. The SMILES string of the molecule is Cc1cc(S(=O)(=O)Nc2ccccc2)sc1CN. The first-order valence-corrected chi connectivity index (χ1v) is 7.70. The van der Waals surface area contributed by atoms with Gasteiger partial charge in [-0.2, -0.15) is 0 Å². The van der Waals surface area contributed by atoms with Crippen LogP contribution in [-0.4, -0.2) is 8.42 Å². The topological polar surface area (TPSA) is 72.2 Å². The molecule has 0 saturated carbocycles. The molecular weight excluding hydrogens is 268 g/mol. The van der Waals surface area contributed by atoms with Crippen molar-refractivity contribution in [1.82, 2.24) is 0 Å². The van der Waals surface area contributed by atoms with Crippen LogP contribution in [0.5, 0.6) is 0 Å². The quantitative estimate of drug-likeness (QED) is 0.904. The lowest BCUT2D eigenvalue weighted by Gasteiger charge is -2.05. The van der Waals surface area contributed by atoms with Crippen molar-refractivity contribution in [3.63, 3.8) is 0 Å². The average molecular weight is 282 g/mol. The Bertz CT molecular complexity index is 633. The fourth-order valence-corrected chi connectivity index (χ4v) is 4.06. The number of sulfonamides is 1. The Labute approximate surface area is 111 Å². The molecule has 2 aromatic rings. The van der Waals surface area contributed by atoms with Gasteiger partial charge in [0.1, 0.15) is 4.21 Å². The molecule has 6 heteroatoms. The Kier molecular flexibility index (Phi) is 3.70. The number of nitrogens with one attached hydrogen (secondary N) is 1. The Hall–Kier alpha value is -1.37. The number of aryl methyl sites for hydroxylation is 1. The fraction of sp³-hybridized carbons (Fsp3) is 0.167. The third kappa shape index (κ3) is 2.72. The lowest BCUT2D eigenvalue weighted by Crippen LogP contribution is -2.11. The Balaban J connectivity index is 2.31. The van der Waals surface area contributed by atoms with Crippen LogP contribution >= 0.6 is 11.3 Å². The number of hydrogen-bond acceptors (Lipinski definition) is 4. The largest absolute Gasteiger partial charge is 0.326 e. The monoisotopic (exact) mass is 282 g/mol. The van der Waals surface area contributed by atoms with Crippen LogP contribution in [0.25, 0.3) is 0 Å². The lowest BCUT2D eigenvalue weighted by molar-refractivity contribution is 0.603. The van der Waals surface area contributed by atoms with E-state index in [0.717, 1.165) is 10.4 Å². The van der Waals surface area contributed by atoms with Crippen LogP contribution in [0.3, 0.4) is 0 Å². The second-order valence-electron chi connectivity index (χ2n) is 3.85. The van der Waals surface area contributed by atoms with Crippen molar-refractivity contribution < 1.29 is 8.42 Å². The molecule has 0 amide bonds. The van der Waals surface area contributed by atoms with E-state index in [0.29, 0.717) is 16.4 Å². The third-order valence-electron chi connectivity index (χ3n) is 2.47. The molecule has 4 nitrogen and oxygen atoms in total. The molecule has 1 aromatic carbocycles. The highest BCUT2D eigenvalue weighted by atomic mass is 32.2. The van der Waals surface area contributed by atoms with Crippen molar-refractivity contribution in [2.45, 2.75) is 17.7 Å². The maximum atomic E-state index is 12.1. The van der Waals surface area contributed by atoms with Gasteiger partial charge >= 0.3 is 0 Å². The van der Waals surface area contributed by atoms with Crippen LogP contribution in [-0.2, 0) is 16.6 Å². The van der Waals surface area contributed by atoms with Crippen LogP contribution in [0.1, 0.15) is 10.4 Å². The molecule has 0 unspecified atom stereocenters. The summed E-state index contributed by atoms with van der Waals surface area (Å²) in [6.45, 7) is 2.22. The maximum Gasteiger partial charge on any atom is 0.271 e. The third-order valence-corrected chi connectivity index (χ3v) is 5.59. The summed E-state index contributed by atoms with van der Waals surface area (Å²) in [7, 11) is -3.51. The number of para-hydroxylation sites is 1.